The number of fused-ring (bicyclic) bond motifs is 5. The maximum atomic E-state index is 12.0. The second-order valence-electron chi connectivity index (χ2n) is 15.9. The van der Waals surface area contributed by atoms with Gasteiger partial charge in [-0.05, 0) is 143 Å². The van der Waals surface area contributed by atoms with Crippen LogP contribution in [0.4, 0.5) is 0 Å². The van der Waals surface area contributed by atoms with E-state index >= 15 is 0 Å². The minimum atomic E-state index is -1.71. The molecule has 0 aromatic heterocycles. The lowest BCUT2D eigenvalue weighted by Gasteiger charge is -2.64. The van der Waals surface area contributed by atoms with Crippen molar-refractivity contribution >= 4 is 22.6 Å². The number of carbonyl (C=O) groups is 1. The standard InChI is InChI=1S/C31H58O4Si2/c1-21(11-16-29(32)33-4)25-14-15-26-24-13-12-22-19-23(34-36(5,6)7)17-18-30(22,2)27(24)20-28(31(25,26)3)35-37(8,9)10/h21-28H,11-20H2,1-10H3/t21-,22+,23-,24+,25-,26+,27+,28-,30+,31-/m1/s1. The van der Waals surface area contributed by atoms with Crippen molar-refractivity contribution in [1.29, 1.82) is 0 Å². The van der Waals surface area contributed by atoms with Crippen molar-refractivity contribution in [2.24, 2.45) is 46.3 Å². The molecule has 0 N–H and O–H groups in total. The van der Waals surface area contributed by atoms with Gasteiger partial charge in [0.1, 0.15) is 0 Å². The topological polar surface area (TPSA) is 44.8 Å². The Morgan fingerprint density at radius 3 is 2.19 bits per heavy atom. The van der Waals surface area contributed by atoms with Gasteiger partial charge in [-0.3, -0.25) is 4.79 Å². The van der Waals surface area contributed by atoms with Gasteiger partial charge >= 0.3 is 5.97 Å². The molecule has 4 rings (SSSR count). The molecule has 0 amide bonds. The van der Waals surface area contributed by atoms with E-state index in [9.17, 15) is 4.79 Å². The Bertz CT molecular complexity index is 819. The van der Waals surface area contributed by atoms with Crippen molar-refractivity contribution < 1.29 is 18.4 Å². The summed E-state index contributed by atoms with van der Waals surface area (Å²) in [5.74, 6) is 4.27. The molecule has 0 bridgehead atoms. The number of carbonyl (C=O) groups excluding carboxylic acids is 1. The molecule has 0 aromatic rings. The molecule has 0 heterocycles. The lowest BCUT2D eigenvalue weighted by Crippen LogP contribution is -2.60. The molecule has 214 valence electrons. The summed E-state index contributed by atoms with van der Waals surface area (Å²) >= 11 is 0. The Hall–Kier alpha value is -0.176. The predicted octanol–water partition coefficient (Wildman–Crippen LogP) is 8.28. The largest absolute Gasteiger partial charge is 0.469 e. The Balaban J connectivity index is 1.59. The summed E-state index contributed by atoms with van der Waals surface area (Å²) < 4.78 is 18.9. The summed E-state index contributed by atoms with van der Waals surface area (Å²) in [5.41, 5.74) is 0.650. The monoisotopic (exact) mass is 550 g/mol. The van der Waals surface area contributed by atoms with Gasteiger partial charge in [-0.15, -0.1) is 0 Å². The van der Waals surface area contributed by atoms with Crippen LogP contribution in [0, 0.1) is 46.3 Å². The zero-order valence-electron chi connectivity index (χ0n) is 25.8. The van der Waals surface area contributed by atoms with E-state index in [2.05, 4.69) is 60.1 Å². The zero-order valence-corrected chi connectivity index (χ0v) is 27.8. The fourth-order valence-corrected chi connectivity index (χ4v) is 12.4. The summed E-state index contributed by atoms with van der Waals surface area (Å²) in [6.45, 7) is 21.9. The number of hydrogen-bond acceptors (Lipinski definition) is 4. The number of methoxy groups -OCH3 is 1. The second kappa shape index (κ2) is 10.7. The zero-order chi connectivity index (χ0) is 27.4. The van der Waals surface area contributed by atoms with E-state index in [1.54, 1.807) is 0 Å². The van der Waals surface area contributed by atoms with E-state index in [1.165, 1.54) is 58.5 Å². The lowest BCUT2D eigenvalue weighted by atomic mass is 9.43. The summed E-state index contributed by atoms with van der Waals surface area (Å²) in [7, 11) is -1.70. The van der Waals surface area contributed by atoms with Crippen molar-refractivity contribution in [2.45, 2.75) is 136 Å². The van der Waals surface area contributed by atoms with Gasteiger partial charge in [0, 0.05) is 12.5 Å². The van der Waals surface area contributed by atoms with Crippen LogP contribution in [0.2, 0.25) is 39.3 Å². The Morgan fingerprint density at radius 1 is 0.892 bits per heavy atom. The van der Waals surface area contributed by atoms with Crippen LogP contribution in [0.25, 0.3) is 0 Å². The van der Waals surface area contributed by atoms with Gasteiger partial charge in [0.25, 0.3) is 0 Å². The van der Waals surface area contributed by atoms with Crippen molar-refractivity contribution in [1.82, 2.24) is 0 Å². The van der Waals surface area contributed by atoms with E-state index < -0.39 is 16.6 Å². The van der Waals surface area contributed by atoms with Gasteiger partial charge in [0.15, 0.2) is 16.6 Å². The highest BCUT2D eigenvalue weighted by Gasteiger charge is 2.64. The van der Waals surface area contributed by atoms with Gasteiger partial charge in [-0.2, -0.15) is 0 Å². The molecule has 6 heteroatoms. The highest BCUT2D eigenvalue weighted by Crippen LogP contribution is 2.69. The third-order valence-electron chi connectivity index (χ3n) is 11.5. The van der Waals surface area contributed by atoms with Crippen LogP contribution in [0.5, 0.6) is 0 Å². The van der Waals surface area contributed by atoms with E-state index in [0.29, 0.717) is 35.9 Å². The third-order valence-corrected chi connectivity index (χ3v) is 13.5. The first-order valence-corrected chi connectivity index (χ1v) is 22.3. The molecule has 10 atom stereocenters. The number of hydrogen-bond donors (Lipinski definition) is 0. The molecule has 4 nitrogen and oxygen atoms in total. The van der Waals surface area contributed by atoms with Gasteiger partial charge in [0.05, 0.1) is 13.2 Å². The van der Waals surface area contributed by atoms with Gasteiger partial charge in [-0.1, -0.05) is 20.8 Å². The van der Waals surface area contributed by atoms with E-state index in [1.807, 2.05) is 0 Å². The molecule has 4 fully saturated rings. The molecule has 4 aliphatic rings. The van der Waals surface area contributed by atoms with Crippen LogP contribution in [-0.2, 0) is 18.4 Å². The SMILES string of the molecule is COC(=O)CC[C@@H](C)[C@H]1CC[C@H]2[C@@H]3CC[C@H]4C[C@H](O[Si](C)(C)C)CC[C@]4(C)[C@H]3C[C@@H](O[Si](C)(C)C)[C@]12C. The predicted molar refractivity (Wildman–Crippen MR) is 157 cm³/mol. The van der Waals surface area contributed by atoms with Crippen LogP contribution < -0.4 is 0 Å². The molecule has 0 radical (unpaired) electrons. The van der Waals surface area contributed by atoms with Crippen LogP contribution in [0.1, 0.15) is 85.0 Å². The van der Waals surface area contributed by atoms with E-state index in [-0.39, 0.29) is 11.4 Å². The van der Waals surface area contributed by atoms with Crippen LogP contribution in [0.15, 0.2) is 0 Å². The maximum Gasteiger partial charge on any atom is 0.305 e. The molecule has 0 aromatic carbocycles. The van der Waals surface area contributed by atoms with Crippen LogP contribution in [0.3, 0.4) is 0 Å². The highest BCUT2D eigenvalue weighted by molar-refractivity contribution is 6.70. The molecule has 4 saturated carbocycles. The Morgan fingerprint density at radius 2 is 1.57 bits per heavy atom. The number of rotatable bonds is 8. The third kappa shape index (κ3) is 5.97. The van der Waals surface area contributed by atoms with Crippen LogP contribution >= 0.6 is 0 Å². The quantitative estimate of drug-likeness (QED) is 0.225. The van der Waals surface area contributed by atoms with Gasteiger partial charge < -0.3 is 13.6 Å². The molecule has 37 heavy (non-hydrogen) atoms. The van der Waals surface area contributed by atoms with Crippen molar-refractivity contribution in [2.75, 3.05) is 7.11 Å². The van der Waals surface area contributed by atoms with Crippen LogP contribution in [-0.4, -0.2) is 41.9 Å². The minimum Gasteiger partial charge on any atom is -0.469 e. The molecule has 0 saturated heterocycles. The van der Waals surface area contributed by atoms with Crippen molar-refractivity contribution in [3.8, 4) is 0 Å². The Kier molecular flexibility index (Phi) is 8.59. The molecular weight excluding hydrogens is 493 g/mol. The molecule has 0 aliphatic heterocycles. The minimum absolute atomic E-state index is 0.0647. The highest BCUT2D eigenvalue weighted by atomic mass is 28.4. The number of ether oxygens (including phenoxy) is 1. The van der Waals surface area contributed by atoms with Crippen molar-refractivity contribution in [3.05, 3.63) is 0 Å². The molecular formula is C31H58O4Si2. The smallest absolute Gasteiger partial charge is 0.305 e. The lowest BCUT2D eigenvalue weighted by molar-refractivity contribution is -0.169. The summed E-state index contributed by atoms with van der Waals surface area (Å²) in [6.07, 6.45) is 12.8. The van der Waals surface area contributed by atoms with Gasteiger partial charge in [0.2, 0.25) is 0 Å². The first kappa shape index (κ1) is 29.8. The summed E-state index contributed by atoms with van der Waals surface area (Å²) in [4.78, 5) is 12.0. The van der Waals surface area contributed by atoms with Gasteiger partial charge in [-0.25, -0.2) is 0 Å². The summed E-state index contributed by atoms with van der Waals surface area (Å²) in [6, 6.07) is 0. The van der Waals surface area contributed by atoms with E-state index in [4.69, 9.17) is 13.6 Å². The first-order chi connectivity index (χ1) is 17.1. The molecule has 0 spiro atoms. The average Bonchev–Trinajstić information content (AvgIpc) is 3.14. The fourth-order valence-electron chi connectivity index (χ4n) is 9.97. The normalized spacial score (nSPS) is 42.9. The number of esters is 1. The average molecular weight is 551 g/mol. The maximum absolute atomic E-state index is 12.0. The van der Waals surface area contributed by atoms with E-state index in [0.717, 1.165) is 30.1 Å². The fraction of sp³-hybridized carbons (Fsp3) is 0.968. The first-order valence-electron chi connectivity index (χ1n) is 15.5. The summed E-state index contributed by atoms with van der Waals surface area (Å²) in [5, 5.41) is 0. The molecule has 4 aliphatic carbocycles. The Labute approximate surface area is 230 Å². The molecule has 0 unspecified atom stereocenters. The second-order valence-corrected chi connectivity index (χ2v) is 24.8. The van der Waals surface area contributed by atoms with Crippen molar-refractivity contribution in [3.63, 3.8) is 0 Å².